The molecule has 2 aliphatic rings. The number of carbonyl (C=O) groups is 2. The molecule has 1 fully saturated rings. The van der Waals surface area contributed by atoms with Crippen molar-refractivity contribution in [2.24, 2.45) is 22.6 Å². The van der Waals surface area contributed by atoms with Gasteiger partial charge in [-0.25, -0.2) is 0 Å². The van der Waals surface area contributed by atoms with Crippen LogP contribution in [0.4, 0.5) is 0 Å². The molecule has 37 heavy (non-hydrogen) atoms. The molecule has 4 atom stereocenters. The lowest BCUT2D eigenvalue weighted by molar-refractivity contribution is -0.125. The van der Waals surface area contributed by atoms with Crippen LogP contribution in [0.15, 0.2) is 47.7 Å². The van der Waals surface area contributed by atoms with Gasteiger partial charge < -0.3 is 25.8 Å². The quantitative estimate of drug-likeness (QED) is 0.352. The Balaban J connectivity index is 1.48. The van der Waals surface area contributed by atoms with E-state index in [4.69, 9.17) is 15.2 Å². The van der Waals surface area contributed by atoms with Crippen LogP contribution in [-0.4, -0.2) is 41.4 Å². The maximum atomic E-state index is 13.4. The van der Waals surface area contributed by atoms with Crippen LogP contribution in [0.25, 0.3) is 0 Å². The molecular weight excluding hydrogens is 470 g/mol. The third-order valence-corrected chi connectivity index (χ3v) is 6.98. The minimum atomic E-state index is -0.620. The summed E-state index contributed by atoms with van der Waals surface area (Å²) in [5.74, 6) is 1.01. The second-order valence-corrected chi connectivity index (χ2v) is 11.1. The number of pyridine rings is 1. The van der Waals surface area contributed by atoms with E-state index < -0.39 is 11.1 Å². The SMILES string of the molecule is COc1ccc2c(c1)OC(C)(C)C[C@@H]2NC(=O)[C@@H]1C[C@H]1[C@@H](NC(=O)CC(C)(C)N=CN)c1cccnc1. The summed E-state index contributed by atoms with van der Waals surface area (Å²) in [6.07, 6.45) is 6.16. The van der Waals surface area contributed by atoms with Crippen LogP contribution in [0, 0.1) is 11.8 Å². The van der Waals surface area contributed by atoms with Crippen LogP contribution >= 0.6 is 0 Å². The van der Waals surface area contributed by atoms with Gasteiger partial charge in [0.25, 0.3) is 0 Å². The van der Waals surface area contributed by atoms with E-state index in [1.165, 1.54) is 6.34 Å². The van der Waals surface area contributed by atoms with Gasteiger partial charge in [-0.15, -0.1) is 0 Å². The van der Waals surface area contributed by atoms with Crippen molar-refractivity contribution >= 4 is 18.2 Å². The highest BCUT2D eigenvalue weighted by molar-refractivity contribution is 5.83. The molecule has 0 bridgehead atoms. The molecule has 198 valence electrons. The molecule has 9 heteroatoms. The maximum absolute atomic E-state index is 13.4. The molecule has 0 saturated heterocycles. The van der Waals surface area contributed by atoms with Crippen LogP contribution in [-0.2, 0) is 9.59 Å². The van der Waals surface area contributed by atoms with Crippen molar-refractivity contribution in [2.75, 3.05) is 7.11 Å². The molecule has 0 radical (unpaired) electrons. The minimum absolute atomic E-state index is 0.0225. The van der Waals surface area contributed by atoms with Crippen LogP contribution in [0.1, 0.15) is 70.2 Å². The second kappa shape index (κ2) is 10.4. The van der Waals surface area contributed by atoms with Crippen molar-refractivity contribution < 1.29 is 19.1 Å². The number of benzene rings is 1. The lowest BCUT2D eigenvalue weighted by Gasteiger charge is -2.38. The summed E-state index contributed by atoms with van der Waals surface area (Å²) in [5, 5.41) is 6.39. The molecule has 0 spiro atoms. The van der Waals surface area contributed by atoms with Gasteiger partial charge in [0, 0.05) is 36.4 Å². The molecule has 1 aliphatic heterocycles. The predicted molar refractivity (Wildman–Crippen MR) is 141 cm³/mol. The summed E-state index contributed by atoms with van der Waals surface area (Å²) in [6.45, 7) is 7.73. The fourth-order valence-electron chi connectivity index (χ4n) is 5.11. The van der Waals surface area contributed by atoms with E-state index in [0.717, 1.165) is 16.9 Å². The molecule has 1 saturated carbocycles. The Bertz CT molecular complexity index is 1160. The van der Waals surface area contributed by atoms with Crippen molar-refractivity contribution in [2.45, 2.75) is 70.2 Å². The van der Waals surface area contributed by atoms with Crippen LogP contribution in [0.2, 0.25) is 0 Å². The number of aromatic nitrogens is 1. The summed E-state index contributed by atoms with van der Waals surface area (Å²) >= 11 is 0. The fraction of sp³-hybridized carbons (Fsp3) is 0.500. The molecule has 2 aromatic rings. The number of rotatable bonds is 9. The molecule has 0 unspecified atom stereocenters. The molecule has 1 aromatic heterocycles. The second-order valence-electron chi connectivity index (χ2n) is 11.1. The molecule has 2 amide bonds. The van der Waals surface area contributed by atoms with Gasteiger partial charge in [0.1, 0.15) is 17.1 Å². The Hall–Kier alpha value is -3.62. The molecule has 1 aromatic carbocycles. The van der Waals surface area contributed by atoms with E-state index in [-0.39, 0.29) is 42.2 Å². The number of fused-ring (bicyclic) bond motifs is 1. The zero-order valence-corrected chi connectivity index (χ0v) is 22.2. The van der Waals surface area contributed by atoms with Crippen molar-refractivity contribution in [1.29, 1.82) is 0 Å². The number of nitrogens with one attached hydrogen (secondary N) is 2. The van der Waals surface area contributed by atoms with Gasteiger partial charge >= 0.3 is 0 Å². The van der Waals surface area contributed by atoms with Crippen LogP contribution in [0.3, 0.4) is 0 Å². The monoisotopic (exact) mass is 507 g/mol. The lowest BCUT2D eigenvalue weighted by atomic mass is 9.89. The number of ether oxygens (including phenoxy) is 2. The van der Waals surface area contributed by atoms with Crippen molar-refractivity contribution in [3.05, 3.63) is 53.9 Å². The Morgan fingerprint density at radius 2 is 2.14 bits per heavy atom. The predicted octanol–water partition coefficient (Wildman–Crippen LogP) is 3.46. The average Bonchev–Trinajstić information content (AvgIpc) is 3.62. The van der Waals surface area contributed by atoms with Gasteiger partial charge in [0.2, 0.25) is 11.8 Å². The van der Waals surface area contributed by atoms with Crippen LogP contribution < -0.4 is 25.8 Å². The first-order valence-corrected chi connectivity index (χ1v) is 12.6. The number of nitrogens with zero attached hydrogens (tertiary/aromatic N) is 2. The first kappa shape index (κ1) is 26.4. The molecule has 1 aliphatic carbocycles. The van der Waals surface area contributed by atoms with Gasteiger partial charge in [-0.2, -0.15) is 0 Å². The third kappa shape index (κ3) is 6.39. The lowest BCUT2D eigenvalue weighted by Crippen LogP contribution is -2.42. The summed E-state index contributed by atoms with van der Waals surface area (Å²) in [6, 6.07) is 8.95. The number of methoxy groups -OCH3 is 1. The molecule has 2 heterocycles. The topological polar surface area (TPSA) is 128 Å². The zero-order chi connectivity index (χ0) is 26.8. The zero-order valence-electron chi connectivity index (χ0n) is 22.2. The first-order valence-electron chi connectivity index (χ1n) is 12.6. The Morgan fingerprint density at radius 1 is 1.35 bits per heavy atom. The average molecular weight is 508 g/mol. The Kier molecular flexibility index (Phi) is 7.43. The number of aliphatic imine (C=N–C) groups is 1. The summed E-state index contributed by atoms with van der Waals surface area (Å²) in [5.41, 5.74) is 6.19. The number of hydrogen-bond acceptors (Lipinski definition) is 6. The molecule has 9 nitrogen and oxygen atoms in total. The van der Waals surface area contributed by atoms with Gasteiger partial charge in [-0.05, 0) is 63.8 Å². The van der Waals surface area contributed by atoms with Gasteiger partial charge in [-0.1, -0.05) is 6.07 Å². The van der Waals surface area contributed by atoms with Crippen molar-refractivity contribution in [3.8, 4) is 11.5 Å². The highest BCUT2D eigenvalue weighted by Crippen LogP contribution is 2.49. The van der Waals surface area contributed by atoms with E-state index >= 15 is 0 Å². The van der Waals surface area contributed by atoms with E-state index in [0.29, 0.717) is 18.6 Å². The van der Waals surface area contributed by atoms with E-state index in [9.17, 15) is 9.59 Å². The fourth-order valence-corrected chi connectivity index (χ4v) is 5.11. The summed E-state index contributed by atoms with van der Waals surface area (Å²) < 4.78 is 11.5. The largest absolute Gasteiger partial charge is 0.497 e. The Morgan fingerprint density at radius 3 is 2.81 bits per heavy atom. The van der Waals surface area contributed by atoms with E-state index in [1.807, 2.05) is 58.0 Å². The van der Waals surface area contributed by atoms with Crippen molar-refractivity contribution in [1.82, 2.24) is 15.6 Å². The highest BCUT2D eigenvalue weighted by Gasteiger charge is 2.50. The molecule has 4 rings (SSSR count). The number of nitrogens with two attached hydrogens (primary N) is 1. The van der Waals surface area contributed by atoms with Crippen LogP contribution in [0.5, 0.6) is 11.5 Å². The normalized spacial score (nSPS) is 22.9. The standard InChI is InChI=1S/C28H37N5O4/c1-27(2,31-16-29)14-24(34)33-25(17-7-6-10-30-15-17)20-12-21(20)26(35)32-22-13-28(3,4)37-23-11-18(36-5)8-9-19(22)23/h6-11,15-16,20-22,25H,12-14H2,1-5H3,(H2,29,31)(H,32,35)(H,33,34)/t20-,21-,22+,25+/m1/s1. The Labute approximate surface area is 218 Å². The summed E-state index contributed by atoms with van der Waals surface area (Å²) in [4.78, 5) is 34.8. The number of hydrogen-bond donors (Lipinski definition) is 3. The first-order chi connectivity index (χ1) is 17.5. The van der Waals surface area contributed by atoms with Gasteiger partial charge in [-0.3, -0.25) is 19.6 Å². The van der Waals surface area contributed by atoms with Crippen molar-refractivity contribution in [3.63, 3.8) is 0 Å². The van der Waals surface area contributed by atoms with E-state index in [1.54, 1.807) is 19.5 Å². The third-order valence-electron chi connectivity index (χ3n) is 6.98. The minimum Gasteiger partial charge on any atom is -0.497 e. The molecular formula is C28H37N5O4. The van der Waals surface area contributed by atoms with E-state index in [2.05, 4.69) is 20.6 Å². The summed E-state index contributed by atoms with van der Waals surface area (Å²) in [7, 11) is 1.62. The number of carbonyl (C=O) groups excluding carboxylic acids is 2. The van der Waals surface area contributed by atoms with Gasteiger partial charge in [0.15, 0.2) is 0 Å². The molecule has 4 N–H and O–H groups in total. The maximum Gasteiger partial charge on any atom is 0.223 e. The number of amides is 2. The van der Waals surface area contributed by atoms with Gasteiger partial charge in [0.05, 0.1) is 37.5 Å². The highest BCUT2D eigenvalue weighted by atomic mass is 16.5. The smallest absolute Gasteiger partial charge is 0.223 e.